The molecule has 1 fully saturated rings. The van der Waals surface area contributed by atoms with Crippen LogP contribution >= 0.6 is 35.1 Å². The molecular formula is C20H17ClFN3OS2. The highest BCUT2D eigenvalue weighted by atomic mass is 35.5. The van der Waals surface area contributed by atoms with Crippen LogP contribution in [-0.2, 0) is 4.79 Å². The third kappa shape index (κ3) is 3.43. The maximum absolute atomic E-state index is 13.2. The summed E-state index contributed by atoms with van der Waals surface area (Å²) < 4.78 is 13.2. The Labute approximate surface area is 176 Å². The smallest absolute Gasteiger partial charge is 0.269 e. The van der Waals surface area contributed by atoms with Gasteiger partial charge >= 0.3 is 0 Å². The zero-order valence-electron chi connectivity index (χ0n) is 15.3. The third-order valence-corrected chi connectivity index (χ3v) is 7.02. The van der Waals surface area contributed by atoms with Crippen LogP contribution in [0.5, 0.6) is 0 Å². The molecule has 144 valence electrons. The molecule has 2 aliphatic rings. The number of carbonyl (C=O) groups is 1. The molecule has 1 amide bonds. The number of amidine groups is 1. The van der Waals surface area contributed by atoms with Gasteiger partial charge in [-0.2, -0.15) is 0 Å². The monoisotopic (exact) mass is 433 g/mol. The topological polar surface area (TPSA) is 35.9 Å². The van der Waals surface area contributed by atoms with Gasteiger partial charge in [-0.25, -0.2) is 9.38 Å². The highest BCUT2D eigenvalue weighted by molar-refractivity contribution is 8.19. The van der Waals surface area contributed by atoms with Crippen LogP contribution in [0.25, 0.3) is 0 Å². The van der Waals surface area contributed by atoms with Crippen molar-refractivity contribution in [1.82, 2.24) is 4.90 Å². The normalized spacial score (nSPS) is 20.4. The van der Waals surface area contributed by atoms with Crippen molar-refractivity contribution >= 4 is 57.6 Å². The Bertz CT molecular complexity index is 1010. The van der Waals surface area contributed by atoms with Crippen LogP contribution in [0, 0.1) is 5.82 Å². The Balaban J connectivity index is 1.74. The van der Waals surface area contributed by atoms with Gasteiger partial charge in [0.05, 0.1) is 11.4 Å². The summed E-state index contributed by atoms with van der Waals surface area (Å²) in [5.41, 5.74) is 1.63. The van der Waals surface area contributed by atoms with Crippen molar-refractivity contribution < 1.29 is 9.18 Å². The van der Waals surface area contributed by atoms with Gasteiger partial charge in [0.15, 0.2) is 5.17 Å². The number of nitrogens with zero attached hydrogens (tertiary/aromatic N) is 3. The summed E-state index contributed by atoms with van der Waals surface area (Å²) in [6.07, 6.45) is 0. The molecule has 8 heteroatoms. The first-order chi connectivity index (χ1) is 13.5. The quantitative estimate of drug-likeness (QED) is 0.567. The van der Waals surface area contributed by atoms with E-state index in [0.717, 1.165) is 22.2 Å². The van der Waals surface area contributed by atoms with Gasteiger partial charge in [0.1, 0.15) is 15.8 Å². The van der Waals surface area contributed by atoms with Crippen molar-refractivity contribution in [3.8, 4) is 0 Å². The summed E-state index contributed by atoms with van der Waals surface area (Å²) in [7, 11) is 0. The van der Waals surface area contributed by atoms with Crippen LogP contribution in [0.2, 0.25) is 5.02 Å². The summed E-state index contributed by atoms with van der Waals surface area (Å²) in [5.74, 6) is -0.375. The van der Waals surface area contributed by atoms with E-state index in [4.69, 9.17) is 11.6 Å². The molecular weight excluding hydrogens is 417 g/mol. The van der Waals surface area contributed by atoms with E-state index in [1.807, 2.05) is 32.0 Å². The number of fused-ring (bicyclic) bond motifs is 1. The molecule has 2 aliphatic heterocycles. The molecule has 0 aliphatic carbocycles. The van der Waals surface area contributed by atoms with Crippen LogP contribution < -0.4 is 4.90 Å². The van der Waals surface area contributed by atoms with E-state index in [9.17, 15) is 9.18 Å². The standard InChI is InChI=1S/C20H17ClFN3OS2/c1-3-24-15-11-12(21)5-10-16(15)27-19(24)17-18(26)25(4-2)20(28-17)23-14-8-6-13(22)7-9-14/h5-11H,3-4H2,1-2H3. The molecule has 0 radical (unpaired) electrons. The highest BCUT2D eigenvalue weighted by Gasteiger charge is 2.39. The van der Waals surface area contributed by atoms with Crippen molar-refractivity contribution in [2.24, 2.45) is 4.99 Å². The van der Waals surface area contributed by atoms with Crippen molar-refractivity contribution in [3.05, 3.63) is 63.2 Å². The minimum atomic E-state index is -0.313. The van der Waals surface area contributed by atoms with E-state index >= 15 is 0 Å². The number of carbonyl (C=O) groups excluding carboxylic acids is 1. The molecule has 2 aromatic rings. The lowest BCUT2D eigenvalue weighted by Crippen LogP contribution is -2.29. The van der Waals surface area contributed by atoms with Crippen molar-refractivity contribution in [2.75, 3.05) is 18.0 Å². The Hall–Kier alpha value is -1.96. The Morgan fingerprint density at radius 3 is 2.43 bits per heavy atom. The number of benzene rings is 2. The fourth-order valence-corrected chi connectivity index (χ4v) is 5.66. The summed E-state index contributed by atoms with van der Waals surface area (Å²) in [5, 5.41) is 2.17. The van der Waals surface area contributed by atoms with Crippen LogP contribution in [0.1, 0.15) is 13.8 Å². The number of halogens is 2. The predicted molar refractivity (Wildman–Crippen MR) is 116 cm³/mol. The third-order valence-electron chi connectivity index (χ3n) is 4.41. The lowest BCUT2D eigenvalue weighted by Gasteiger charge is -2.19. The fourth-order valence-electron chi connectivity index (χ4n) is 3.06. The SMILES string of the molecule is CCN1C(=O)C(=C2Sc3ccc(Cl)cc3N2CC)SC1=Nc1ccc(F)cc1. The van der Waals surface area contributed by atoms with E-state index in [1.54, 1.807) is 28.8 Å². The van der Waals surface area contributed by atoms with Crippen LogP contribution in [0.3, 0.4) is 0 Å². The average Bonchev–Trinajstić information content (AvgIpc) is 3.19. The number of likely N-dealkylation sites (N-methyl/N-ethyl adjacent to an activating group) is 1. The summed E-state index contributed by atoms with van der Waals surface area (Å²) in [6.45, 7) is 5.20. The summed E-state index contributed by atoms with van der Waals surface area (Å²) in [4.78, 5) is 23.2. The van der Waals surface area contributed by atoms with Gasteiger partial charge in [-0.05, 0) is 68.1 Å². The van der Waals surface area contributed by atoms with Gasteiger partial charge in [0.25, 0.3) is 5.91 Å². The first-order valence-electron chi connectivity index (χ1n) is 8.85. The zero-order chi connectivity index (χ0) is 19.8. The van der Waals surface area contributed by atoms with E-state index in [-0.39, 0.29) is 11.7 Å². The Morgan fingerprint density at radius 1 is 1.04 bits per heavy atom. The number of amides is 1. The maximum atomic E-state index is 13.2. The van der Waals surface area contributed by atoms with Crippen LogP contribution in [-0.4, -0.2) is 29.1 Å². The first-order valence-corrected chi connectivity index (χ1v) is 10.9. The molecule has 0 spiro atoms. The number of anilines is 1. The number of aliphatic imine (C=N–C) groups is 1. The number of thioether (sulfide) groups is 2. The number of rotatable bonds is 3. The predicted octanol–water partition coefficient (Wildman–Crippen LogP) is 5.86. The molecule has 0 atom stereocenters. The van der Waals surface area contributed by atoms with Gasteiger partial charge in [-0.1, -0.05) is 23.4 Å². The highest BCUT2D eigenvalue weighted by Crippen LogP contribution is 2.51. The van der Waals surface area contributed by atoms with Gasteiger partial charge < -0.3 is 4.90 Å². The molecule has 4 rings (SSSR count). The molecule has 2 heterocycles. The molecule has 4 nitrogen and oxygen atoms in total. The van der Waals surface area contributed by atoms with Crippen LogP contribution in [0.15, 0.2) is 62.3 Å². The second-order valence-electron chi connectivity index (χ2n) is 6.11. The molecule has 0 N–H and O–H groups in total. The van der Waals surface area contributed by atoms with E-state index < -0.39 is 0 Å². The van der Waals surface area contributed by atoms with Gasteiger partial charge in [0, 0.05) is 23.0 Å². The zero-order valence-corrected chi connectivity index (χ0v) is 17.7. The Morgan fingerprint density at radius 2 is 1.75 bits per heavy atom. The first kappa shape index (κ1) is 19.4. The number of hydrogen-bond acceptors (Lipinski definition) is 5. The Kier molecular flexibility index (Phi) is 5.40. The molecule has 0 bridgehead atoms. The second kappa shape index (κ2) is 7.81. The van der Waals surface area contributed by atoms with Gasteiger partial charge in [0.2, 0.25) is 0 Å². The largest absolute Gasteiger partial charge is 0.334 e. The molecule has 1 saturated heterocycles. The van der Waals surface area contributed by atoms with Gasteiger partial charge in [-0.3, -0.25) is 9.69 Å². The molecule has 28 heavy (non-hydrogen) atoms. The van der Waals surface area contributed by atoms with Crippen molar-refractivity contribution in [2.45, 2.75) is 18.7 Å². The molecule has 0 saturated carbocycles. The fraction of sp³-hybridized carbons (Fsp3) is 0.200. The average molecular weight is 434 g/mol. The van der Waals surface area contributed by atoms with E-state index in [1.165, 1.54) is 23.9 Å². The second-order valence-corrected chi connectivity index (χ2v) is 8.56. The molecule has 0 aromatic heterocycles. The van der Waals surface area contributed by atoms with E-state index in [0.29, 0.717) is 27.3 Å². The minimum Gasteiger partial charge on any atom is -0.334 e. The summed E-state index contributed by atoms with van der Waals surface area (Å²) >= 11 is 9.11. The lowest BCUT2D eigenvalue weighted by atomic mass is 10.3. The maximum Gasteiger partial charge on any atom is 0.269 e. The lowest BCUT2D eigenvalue weighted by molar-refractivity contribution is -0.122. The number of hydrogen-bond donors (Lipinski definition) is 0. The summed E-state index contributed by atoms with van der Waals surface area (Å²) in [6, 6.07) is 11.7. The van der Waals surface area contributed by atoms with Crippen molar-refractivity contribution in [3.63, 3.8) is 0 Å². The minimum absolute atomic E-state index is 0.0618. The van der Waals surface area contributed by atoms with E-state index in [2.05, 4.69) is 9.89 Å². The van der Waals surface area contributed by atoms with Crippen LogP contribution in [0.4, 0.5) is 15.8 Å². The van der Waals surface area contributed by atoms with Crippen molar-refractivity contribution in [1.29, 1.82) is 0 Å². The van der Waals surface area contributed by atoms with Gasteiger partial charge in [-0.15, -0.1) is 0 Å². The molecule has 2 aromatic carbocycles. The molecule has 0 unspecified atom stereocenters.